The van der Waals surface area contributed by atoms with E-state index in [1.165, 1.54) is 0 Å². The van der Waals surface area contributed by atoms with Crippen molar-refractivity contribution in [3.8, 4) is 0 Å². The molecular formula is C12H14ClN5O. The SMILES string of the molecule is C=C1[C@H](O)C[C@H](C)[C@@H]1n1cnc2c(Cl)nc(N)nc21. The molecule has 1 aliphatic carbocycles. The third kappa shape index (κ3) is 1.79. The van der Waals surface area contributed by atoms with Crippen molar-refractivity contribution in [1.82, 2.24) is 19.5 Å². The van der Waals surface area contributed by atoms with Crippen LogP contribution in [-0.2, 0) is 0 Å². The van der Waals surface area contributed by atoms with Gasteiger partial charge in [0.15, 0.2) is 10.8 Å². The summed E-state index contributed by atoms with van der Waals surface area (Å²) >= 11 is 6.01. The first-order valence-electron chi connectivity index (χ1n) is 6.01. The maximum atomic E-state index is 9.90. The lowest BCUT2D eigenvalue weighted by molar-refractivity contribution is 0.210. The lowest BCUT2D eigenvalue weighted by atomic mass is 10.0. The molecule has 0 saturated heterocycles. The van der Waals surface area contributed by atoms with Gasteiger partial charge in [-0.05, 0) is 17.9 Å². The molecule has 0 spiro atoms. The molecule has 0 aromatic carbocycles. The van der Waals surface area contributed by atoms with Crippen LogP contribution < -0.4 is 5.73 Å². The van der Waals surface area contributed by atoms with E-state index in [-0.39, 0.29) is 23.1 Å². The van der Waals surface area contributed by atoms with Crippen molar-refractivity contribution in [2.24, 2.45) is 5.92 Å². The molecule has 2 aromatic rings. The third-order valence-corrected chi connectivity index (χ3v) is 3.90. The average Bonchev–Trinajstić information content (AvgIpc) is 2.82. The van der Waals surface area contributed by atoms with Crippen molar-refractivity contribution in [1.29, 1.82) is 0 Å². The Morgan fingerprint density at radius 2 is 2.26 bits per heavy atom. The van der Waals surface area contributed by atoms with Crippen LogP contribution in [0.2, 0.25) is 5.15 Å². The summed E-state index contributed by atoms with van der Waals surface area (Å²) in [5.74, 6) is 0.353. The van der Waals surface area contributed by atoms with Crippen LogP contribution in [0.25, 0.3) is 11.2 Å². The number of aliphatic hydroxyl groups excluding tert-OH is 1. The molecule has 3 N–H and O–H groups in total. The molecule has 0 unspecified atom stereocenters. The number of rotatable bonds is 1. The fraction of sp³-hybridized carbons (Fsp3) is 0.417. The molecule has 7 heteroatoms. The molecule has 100 valence electrons. The Morgan fingerprint density at radius 1 is 1.53 bits per heavy atom. The van der Waals surface area contributed by atoms with Crippen LogP contribution in [0.15, 0.2) is 18.5 Å². The molecular weight excluding hydrogens is 266 g/mol. The maximum absolute atomic E-state index is 9.90. The quantitative estimate of drug-likeness (QED) is 0.611. The summed E-state index contributed by atoms with van der Waals surface area (Å²) in [6.07, 6.45) is 1.83. The van der Waals surface area contributed by atoms with E-state index in [0.29, 0.717) is 17.6 Å². The summed E-state index contributed by atoms with van der Waals surface area (Å²) in [4.78, 5) is 12.3. The lowest BCUT2D eigenvalue weighted by Gasteiger charge is -2.18. The van der Waals surface area contributed by atoms with Crippen LogP contribution in [0, 0.1) is 5.92 Å². The first kappa shape index (κ1) is 12.4. The maximum Gasteiger partial charge on any atom is 0.223 e. The Bertz CT molecular complexity index is 667. The number of anilines is 1. The number of aliphatic hydroxyl groups is 1. The summed E-state index contributed by atoms with van der Waals surface area (Å²) in [7, 11) is 0. The summed E-state index contributed by atoms with van der Waals surface area (Å²) in [6, 6.07) is -0.0506. The first-order valence-corrected chi connectivity index (χ1v) is 6.39. The van der Waals surface area contributed by atoms with Crippen molar-refractivity contribution in [3.63, 3.8) is 0 Å². The van der Waals surface area contributed by atoms with Gasteiger partial charge in [-0.2, -0.15) is 9.97 Å². The number of fused-ring (bicyclic) bond motifs is 1. The molecule has 1 aliphatic rings. The normalized spacial score (nSPS) is 27.3. The average molecular weight is 280 g/mol. The molecule has 6 nitrogen and oxygen atoms in total. The van der Waals surface area contributed by atoms with Crippen LogP contribution in [-0.4, -0.2) is 30.7 Å². The van der Waals surface area contributed by atoms with Gasteiger partial charge in [-0.1, -0.05) is 25.1 Å². The standard InChI is InChI=1S/C12H14ClN5O/c1-5-3-7(19)6(2)9(5)18-4-15-8-10(13)16-12(14)17-11(8)18/h4-5,7,9,19H,2-3H2,1H3,(H2,14,16,17)/t5-,7+,9-/m0/s1. The molecule has 0 bridgehead atoms. The number of aromatic nitrogens is 4. The largest absolute Gasteiger partial charge is 0.389 e. The molecule has 3 atom stereocenters. The van der Waals surface area contributed by atoms with Gasteiger partial charge >= 0.3 is 0 Å². The minimum atomic E-state index is -0.493. The van der Waals surface area contributed by atoms with Crippen molar-refractivity contribution in [2.45, 2.75) is 25.5 Å². The second-order valence-corrected chi connectivity index (χ2v) is 5.30. The highest BCUT2D eigenvalue weighted by Crippen LogP contribution is 2.40. The van der Waals surface area contributed by atoms with E-state index in [1.807, 2.05) is 4.57 Å². The molecule has 0 amide bonds. The van der Waals surface area contributed by atoms with Gasteiger partial charge in [0.25, 0.3) is 0 Å². The van der Waals surface area contributed by atoms with E-state index >= 15 is 0 Å². The minimum absolute atomic E-state index is 0.0506. The van der Waals surface area contributed by atoms with Gasteiger partial charge in [-0.3, -0.25) is 0 Å². The lowest BCUT2D eigenvalue weighted by Crippen LogP contribution is -2.14. The number of nitrogens with two attached hydrogens (primary N) is 1. The second kappa shape index (κ2) is 4.18. The minimum Gasteiger partial charge on any atom is -0.389 e. The summed E-state index contributed by atoms with van der Waals surface area (Å²) in [6.45, 7) is 6.03. The van der Waals surface area contributed by atoms with Gasteiger partial charge in [0.2, 0.25) is 5.95 Å². The van der Waals surface area contributed by atoms with E-state index in [2.05, 4.69) is 28.5 Å². The Morgan fingerprint density at radius 3 is 2.89 bits per heavy atom. The molecule has 19 heavy (non-hydrogen) atoms. The van der Waals surface area contributed by atoms with Crippen LogP contribution in [0.4, 0.5) is 5.95 Å². The van der Waals surface area contributed by atoms with Gasteiger partial charge in [0.1, 0.15) is 5.52 Å². The fourth-order valence-corrected chi connectivity index (χ4v) is 2.97. The highest BCUT2D eigenvalue weighted by molar-refractivity contribution is 6.33. The van der Waals surface area contributed by atoms with Gasteiger partial charge < -0.3 is 15.4 Å². The highest BCUT2D eigenvalue weighted by atomic mass is 35.5. The summed E-state index contributed by atoms with van der Waals surface area (Å²) < 4.78 is 1.86. The van der Waals surface area contributed by atoms with Gasteiger partial charge in [-0.15, -0.1) is 0 Å². The number of hydrogen-bond acceptors (Lipinski definition) is 5. The molecule has 3 rings (SSSR count). The molecule has 1 fully saturated rings. The Hall–Kier alpha value is -1.66. The van der Waals surface area contributed by atoms with Crippen LogP contribution in [0.5, 0.6) is 0 Å². The molecule has 1 saturated carbocycles. The monoisotopic (exact) mass is 279 g/mol. The van der Waals surface area contributed by atoms with Crippen molar-refractivity contribution in [2.75, 3.05) is 5.73 Å². The molecule has 2 aromatic heterocycles. The van der Waals surface area contributed by atoms with Crippen LogP contribution in [0.3, 0.4) is 0 Å². The number of imidazole rings is 1. The number of nitrogens with zero attached hydrogens (tertiary/aromatic N) is 4. The van der Waals surface area contributed by atoms with E-state index < -0.39 is 6.10 Å². The Labute approximate surface area is 114 Å². The predicted octanol–water partition coefficient (Wildman–Crippen LogP) is 1.56. The van der Waals surface area contributed by atoms with E-state index in [9.17, 15) is 5.11 Å². The number of nitrogen functional groups attached to an aromatic ring is 1. The zero-order valence-corrected chi connectivity index (χ0v) is 11.2. The zero-order chi connectivity index (χ0) is 13.7. The van der Waals surface area contributed by atoms with Crippen LogP contribution >= 0.6 is 11.6 Å². The van der Waals surface area contributed by atoms with E-state index in [4.69, 9.17) is 17.3 Å². The van der Waals surface area contributed by atoms with Crippen LogP contribution in [0.1, 0.15) is 19.4 Å². The van der Waals surface area contributed by atoms with Gasteiger partial charge in [-0.25, -0.2) is 4.98 Å². The van der Waals surface area contributed by atoms with Crippen molar-refractivity contribution < 1.29 is 5.11 Å². The van der Waals surface area contributed by atoms with E-state index in [1.54, 1.807) is 6.33 Å². The highest BCUT2D eigenvalue weighted by Gasteiger charge is 2.36. The van der Waals surface area contributed by atoms with Crippen molar-refractivity contribution in [3.05, 3.63) is 23.6 Å². The summed E-state index contributed by atoms with van der Waals surface area (Å²) in [5.41, 5.74) is 7.48. The number of halogens is 1. The molecule has 0 radical (unpaired) electrons. The van der Waals surface area contributed by atoms with E-state index in [0.717, 1.165) is 5.57 Å². The Kier molecular flexibility index (Phi) is 2.72. The fourth-order valence-electron chi connectivity index (χ4n) is 2.75. The molecule has 2 heterocycles. The Balaban J connectivity index is 2.18. The third-order valence-electron chi connectivity index (χ3n) is 3.64. The first-order chi connectivity index (χ1) is 8.99. The molecule has 0 aliphatic heterocycles. The topological polar surface area (TPSA) is 89.8 Å². The zero-order valence-electron chi connectivity index (χ0n) is 10.4. The smallest absolute Gasteiger partial charge is 0.223 e. The summed E-state index contributed by atoms with van der Waals surface area (Å²) in [5, 5.41) is 10.1. The van der Waals surface area contributed by atoms with Crippen molar-refractivity contribution >= 4 is 28.7 Å². The van der Waals surface area contributed by atoms with Gasteiger partial charge in [0, 0.05) is 0 Å². The number of hydrogen-bond donors (Lipinski definition) is 2. The predicted molar refractivity (Wildman–Crippen MR) is 72.7 cm³/mol. The second-order valence-electron chi connectivity index (χ2n) is 4.95. The van der Waals surface area contributed by atoms with Gasteiger partial charge in [0.05, 0.1) is 18.5 Å².